The first kappa shape index (κ1) is 18.7. The highest BCUT2D eigenvalue weighted by Crippen LogP contribution is 2.41. The van der Waals surface area contributed by atoms with Gasteiger partial charge in [0.2, 0.25) is 0 Å². The van der Waals surface area contributed by atoms with Gasteiger partial charge in [0.05, 0.1) is 19.3 Å². The highest BCUT2D eigenvalue weighted by atomic mass is 19.1. The molecule has 0 radical (unpaired) electrons. The zero-order valence-corrected chi connectivity index (χ0v) is 15.8. The summed E-state index contributed by atoms with van der Waals surface area (Å²) in [5, 5.41) is 0. The minimum absolute atomic E-state index is 0.0397. The Balaban J connectivity index is 1.50. The Kier molecular flexibility index (Phi) is 6.75. The molecule has 1 saturated heterocycles. The molecule has 1 heterocycles. The number of hydrogen-bond acceptors (Lipinski definition) is 2. The van der Waals surface area contributed by atoms with Crippen LogP contribution >= 0.6 is 0 Å². The van der Waals surface area contributed by atoms with Crippen LogP contribution < -0.4 is 4.74 Å². The van der Waals surface area contributed by atoms with Crippen molar-refractivity contribution in [3.05, 3.63) is 29.6 Å². The van der Waals surface area contributed by atoms with Gasteiger partial charge in [-0.1, -0.05) is 38.7 Å². The number of rotatable bonds is 6. The Morgan fingerprint density at radius 3 is 2.40 bits per heavy atom. The largest absolute Gasteiger partial charge is 0.491 e. The molecule has 3 heteroatoms. The lowest BCUT2D eigenvalue weighted by atomic mass is 9.73. The van der Waals surface area contributed by atoms with Crippen LogP contribution in [0.5, 0.6) is 5.75 Å². The average molecular weight is 349 g/mol. The standard InChI is InChI=1S/C22H33FO2/c1-3-5-16-6-8-17(9-7-16)19-11-12-21(25-15-19)18-10-13-22(24-4-2)20(23)14-18/h10,13-14,16-17,19,21H,3-9,11-12,15H2,1-2H3. The fraction of sp³-hybridized carbons (Fsp3) is 0.727. The van der Waals surface area contributed by atoms with E-state index in [1.54, 1.807) is 12.1 Å². The molecule has 2 fully saturated rings. The molecule has 2 aliphatic rings. The Bertz CT molecular complexity index is 529. The SMILES string of the molecule is CCCC1CCC(C2CCC(c3ccc(OCC)c(F)c3)OC2)CC1. The summed E-state index contributed by atoms with van der Waals surface area (Å²) in [7, 11) is 0. The van der Waals surface area contributed by atoms with E-state index < -0.39 is 0 Å². The molecule has 2 unspecified atom stereocenters. The first-order chi connectivity index (χ1) is 12.2. The number of benzene rings is 1. The van der Waals surface area contributed by atoms with E-state index in [0.29, 0.717) is 18.3 Å². The first-order valence-corrected chi connectivity index (χ1v) is 10.2. The monoisotopic (exact) mass is 348 g/mol. The van der Waals surface area contributed by atoms with Crippen molar-refractivity contribution in [2.75, 3.05) is 13.2 Å². The van der Waals surface area contributed by atoms with Crippen molar-refractivity contribution < 1.29 is 13.9 Å². The van der Waals surface area contributed by atoms with Gasteiger partial charge in [-0.2, -0.15) is 0 Å². The molecule has 1 aliphatic carbocycles. The average Bonchev–Trinajstić information content (AvgIpc) is 2.65. The summed E-state index contributed by atoms with van der Waals surface area (Å²) in [5.74, 6) is 2.56. The van der Waals surface area contributed by atoms with Crippen LogP contribution in [0.3, 0.4) is 0 Å². The lowest BCUT2D eigenvalue weighted by Crippen LogP contribution is -2.29. The normalized spacial score (nSPS) is 30.2. The molecule has 3 rings (SSSR count). The molecule has 0 bridgehead atoms. The van der Waals surface area contributed by atoms with E-state index in [9.17, 15) is 4.39 Å². The minimum atomic E-state index is -0.278. The summed E-state index contributed by atoms with van der Waals surface area (Å²) in [5.41, 5.74) is 0.950. The van der Waals surface area contributed by atoms with Gasteiger partial charge < -0.3 is 9.47 Å². The van der Waals surface area contributed by atoms with Crippen molar-refractivity contribution in [1.82, 2.24) is 0 Å². The van der Waals surface area contributed by atoms with Crippen LogP contribution in [0.15, 0.2) is 18.2 Å². The Morgan fingerprint density at radius 2 is 1.80 bits per heavy atom. The second kappa shape index (κ2) is 9.02. The molecular formula is C22H33FO2. The predicted molar refractivity (Wildman–Crippen MR) is 99.3 cm³/mol. The third-order valence-corrected chi connectivity index (χ3v) is 6.19. The van der Waals surface area contributed by atoms with E-state index in [2.05, 4.69) is 6.92 Å². The summed E-state index contributed by atoms with van der Waals surface area (Å²) in [6.07, 6.45) is 10.5. The molecule has 0 spiro atoms. The van der Waals surface area contributed by atoms with Crippen LogP contribution in [0.1, 0.15) is 76.9 Å². The maximum Gasteiger partial charge on any atom is 0.165 e. The van der Waals surface area contributed by atoms with Gasteiger partial charge >= 0.3 is 0 Å². The quantitative estimate of drug-likeness (QED) is 0.600. The number of hydrogen-bond donors (Lipinski definition) is 0. The molecular weight excluding hydrogens is 315 g/mol. The molecule has 1 aliphatic heterocycles. The molecule has 140 valence electrons. The van der Waals surface area contributed by atoms with Crippen LogP contribution in [0.25, 0.3) is 0 Å². The minimum Gasteiger partial charge on any atom is -0.491 e. The summed E-state index contributed by atoms with van der Waals surface area (Å²) in [6.45, 7) is 5.49. The van der Waals surface area contributed by atoms with Gasteiger partial charge in [0.1, 0.15) is 0 Å². The fourth-order valence-electron chi connectivity index (χ4n) is 4.75. The van der Waals surface area contributed by atoms with E-state index in [1.165, 1.54) is 44.9 Å². The smallest absolute Gasteiger partial charge is 0.165 e. The fourth-order valence-corrected chi connectivity index (χ4v) is 4.75. The molecule has 1 aromatic rings. The topological polar surface area (TPSA) is 18.5 Å². The second-order valence-electron chi connectivity index (χ2n) is 7.85. The predicted octanol–water partition coefficient (Wildman–Crippen LogP) is 6.30. The van der Waals surface area contributed by atoms with Gasteiger partial charge in [0.25, 0.3) is 0 Å². The van der Waals surface area contributed by atoms with E-state index in [0.717, 1.165) is 30.4 Å². The molecule has 0 amide bonds. The molecule has 2 nitrogen and oxygen atoms in total. The van der Waals surface area contributed by atoms with Gasteiger partial charge in [-0.15, -0.1) is 0 Å². The van der Waals surface area contributed by atoms with Crippen molar-refractivity contribution in [2.45, 2.75) is 71.3 Å². The van der Waals surface area contributed by atoms with E-state index in [4.69, 9.17) is 9.47 Å². The first-order valence-electron chi connectivity index (χ1n) is 10.2. The molecule has 1 saturated carbocycles. The third kappa shape index (κ3) is 4.75. The molecule has 25 heavy (non-hydrogen) atoms. The molecule has 0 aromatic heterocycles. The van der Waals surface area contributed by atoms with Gasteiger partial charge in [0, 0.05) is 0 Å². The number of halogens is 1. The summed E-state index contributed by atoms with van der Waals surface area (Å²) >= 11 is 0. The summed E-state index contributed by atoms with van der Waals surface area (Å²) in [6, 6.07) is 5.28. The van der Waals surface area contributed by atoms with Crippen molar-refractivity contribution in [1.29, 1.82) is 0 Å². The van der Waals surface area contributed by atoms with Crippen molar-refractivity contribution in [2.24, 2.45) is 17.8 Å². The van der Waals surface area contributed by atoms with Crippen LogP contribution in [-0.4, -0.2) is 13.2 Å². The summed E-state index contributed by atoms with van der Waals surface area (Å²) < 4.78 is 25.5. The van der Waals surface area contributed by atoms with Crippen LogP contribution in [0, 0.1) is 23.6 Å². The molecule has 0 N–H and O–H groups in total. The van der Waals surface area contributed by atoms with Gasteiger partial charge in [-0.25, -0.2) is 4.39 Å². The van der Waals surface area contributed by atoms with Crippen molar-refractivity contribution in [3.63, 3.8) is 0 Å². The second-order valence-corrected chi connectivity index (χ2v) is 7.85. The number of ether oxygens (including phenoxy) is 2. The van der Waals surface area contributed by atoms with Crippen molar-refractivity contribution >= 4 is 0 Å². The maximum atomic E-state index is 14.1. The van der Waals surface area contributed by atoms with E-state index in [-0.39, 0.29) is 11.9 Å². The van der Waals surface area contributed by atoms with Crippen LogP contribution in [-0.2, 0) is 4.74 Å². The van der Waals surface area contributed by atoms with E-state index in [1.807, 2.05) is 13.0 Å². The Hall–Kier alpha value is -1.09. The van der Waals surface area contributed by atoms with Crippen LogP contribution in [0.2, 0.25) is 0 Å². The zero-order valence-electron chi connectivity index (χ0n) is 15.8. The van der Waals surface area contributed by atoms with Crippen molar-refractivity contribution in [3.8, 4) is 5.75 Å². The maximum absolute atomic E-state index is 14.1. The Morgan fingerprint density at radius 1 is 1.04 bits per heavy atom. The van der Waals surface area contributed by atoms with Gasteiger partial charge in [-0.3, -0.25) is 0 Å². The van der Waals surface area contributed by atoms with E-state index >= 15 is 0 Å². The molecule has 1 aromatic carbocycles. The summed E-state index contributed by atoms with van der Waals surface area (Å²) in [4.78, 5) is 0. The lowest BCUT2D eigenvalue weighted by Gasteiger charge is -2.38. The molecule has 2 atom stereocenters. The highest BCUT2D eigenvalue weighted by molar-refractivity contribution is 5.30. The van der Waals surface area contributed by atoms with Gasteiger partial charge in [0.15, 0.2) is 11.6 Å². The lowest BCUT2D eigenvalue weighted by molar-refractivity contribution is -0.0406. The Labute approximate surface area is 152 Å². The van der Waals surface area contributed by atoms with Gasteiger partial charge in [-0.05, 0) is 68.1 Å². The third-order valence-electron chi connectivity index (χ3n) is 6.19. The van der Waals surface area contributed by atoms with Crippen LogP contribution in [0.4, 0.5) is 4.39 Å². The zero-order chi connectivity index (χ0) is 17.6. The highest BCUT2D eigenvalue weighted by Gasteiger charge is 2.31.